The fourth-order valence-electron chi connectivity index (χ4n) is 3.07. The maximum atomic E-state index is 13.1. The topological polar surface area (TPSA) is 46.1 Å². The Hall–Kier alpha value is -3.27. The van der Waals surface area contributed by atoms with E-state index < -0.39 is 0 Å². The van der Waals surface area contributed by atoms with Crippen molar-refractivity contribution in [2.75, 3.05) is 11.4 Å². The first-order valence-corrected chi connectivity index (χ1v) is 8.29. The van der Waals surface area contributed by atoms with E-state index in [0.717, 1.165) is 27.5 Å². The molecule has 0 radical (unpaired) electrons. The summed E-state index contributed by atoms with van der Waals surface area (Å²) in [6.45, 7) is 2.52. The van der Waals surface area contributed by atoms with Gasteiger partial charge in [0.05, 0.1) is 22.9 Å². The molecule has 0 saturated heterocycles. The van der Waals surface area contributed by atoms with Crippen LogP contribution >= 0.6 is 0 Å². The normalized spacial score (nSPS) is 10.9. The van der Waals surface area contributed by atoms with Crippen molar-refractivity contribution in [2.45, 2.75) is 6.92 Å². The van der Waals surface area contributed by atoms with Crippen molar-refractivity contribution < 1.29 is 4.79 Å². The number of aromatic nitrogens is 2. The molecule has 0 fully saturated rings. The van der Waals surface area contributed by atoms with E-state index in [1.54, 1.807) is 11.1 Å². The van der Waals surface area contributed by atoms with Crippen molar-refractivity contribution in [1.82, 2.24) is 9.97 Å². The maximum Gasteiger partial charge on any atom is 0.278 e. The van der Waals surface area contributed by atoms with Crippen molar-refractivity contribution in [3.05, 3.63) is 78.6 Å². The van der Waals surface area contributed by atoms with Gasteiger partial charge in [0, 0.05) is 11.9 Å². The molecular weight excluding hydrogens is 310 g/mol. The molecule has 25 heavy (non-hydrogen) atoms. The lowest BCUT2D eigenvalue weighted by Crippen LogP contribution is -2.31. The highest BCUT2D eigenvalue weighted by Crippen LogP contribution is 2.27. The van der Waals surface area contributed by atoms with E-state index in [4.69, 9.17) is 0 Å². The molecule has 4 heteroatoms. The first kappa shape index (κ1) is 15.3. The van der Waals surface area contributed by atoms with E-state index in [9.17, 15) is 4.79 Å². The quantitative estimate of drug-likeness (QED) is 0.558. The van der Waals surface area contributed by atoms with Crippen LogP contribution in [0.5, 0.6) is 0 Å². The number of para-hydroxylation sites is 2. The lowest BCUT2D eigenvalue weighted by molar-refractivity contribution is 0.0984. The molecule has 0 atom stereocenters. The second kappa shape index (κ2) is 6.32. The molecule has 0 saturated carbocycles. The van der Waals surface area contributed by atoms with Crippen LogP contribution in [0.2, 0.25) is 0 Å². The first-order valence-electron chi connectivity index (χ1n) is 8.29. The number of benzene rings is 3. The molecule has 0 spiro atoms. The third-order valence-corrected chi connectivity index (χ3v) is 4.29. The van der Waals surface area contributed by atoms with Gasteiger partial charge in [0.1, 0.15) is 5.69 Å². The fraction of sp³-hybridized carbons (Fsp3) is 0.0952. The van der Waals surface area contributed by atoms with E-state index in [2.05, 4.69) is 9.97 Å². The van der Waals surface area contributed by atoms with E-state index in [1.165, 1.54) is 0 Å². The standard InChI is InChI=1S/C21H17N3O/c1-2-24(20-13-7-9-15-8-3-4-10-16(15)20)21(25)19-14-22-17-11-5-6-12-18(17)23-19/h3-14H,2H2,1H3. The van der Waals surface area contributed by atoms with Gasteiger partial charge in [0.15, 0.2) is 0 Å². The monoisotopic (exact) mass is 327 g/mol. The number of fused-ring (bicyclic) bond motifs is 2. The Kier molecular flexibility index (Phi) is 3.86. The molecule has 0 aliphatic rings. The smallest absolute Gasteiger partial charge is 0.278 e. The second-order valence-electron chi connectivity index (χ2n) is 5.79. The van der Waals surface area contributed by atoms with E-state index in [0.29, 0.717) is 12.2 Å². The van der Waals surface area contributed by atoms with Crippen molar-refractivity contribution in [1.29, 1.82) is 0 Å². The summed E-state index contributed by atoms with van der Waals surface area (Å²) in [6.07, 6.45) is 1.55. The highest BCUT2D eigenvalue weighted by Gasteiger charge is 2.19. The molecule has 1 heterocycles. The van der Waals surface area contributed by atoms with Crippen LogP contribution in [0.4, 0.5) is 5.69 Å². The number of carbonyl (C=O) groups excluding carboxylic acids is 1. The third-order valence-electron chi connectivity index (χ3n) is 4.29. The Bertz CT molecular complexity index is 1070. The zero-order valence-corrected chi connectivity index (χ0v) is 13.9. The molecule has 0 aliphatic carbocycles. The Morgan fingerprint density at radius 3 is 2.48 bits per heavy atom. The minimum absolute atomic E-state index is 0.142. The minimum atomic E-state index is -0.142. The number of rotatable bonds is 3. The van der Waals surface area contributed by atoms with Crippen LogP contribution in [0.25, 0.3) is 21.8 Å². The number of amides is 1. The van der Waals surface area contributed by atoms with Gasteiger partial charge in [0.2, 0.25) is 0 Å². The van der Waals surface area contributed by atoms with Gasteiger partial charge in [-0.2, -0.15) is 0 Å². The lowest BCUT2D eigenvalue weighted by atomic mass is 10.1. The molecule has 3 aromatic carbocycles. The van der Waals surface area contributed by atoms with Crippen molar-refractivity contribution in [2.24, 2.45) is 0 Å². The summed E-state index contributed by atoms with van der Waals surface area (Å²) in [5.74, 6) is -0.142. The molecule has 0 unspecified atom stereocenters. The summed E-state index contributed by atoms with van der Waals surface area (Å²) in [5.41, 5.74) is 2.75. The molecule has 4 nitrogen and oxygen atoms in total. The fourth-order valence-corrected chi connectivity index (χ4v) is 3.07. The average Bonchev–Trinajstić information content (AvgIpc) is 2.68. The zero-order chi connectivity index (χ0) is 17.2. The average molecular weight is 327 g/mol. The summed E-state index contributed by atoms with van der Waals surface area (Å²) in [7, 11) is 0. The number of carbonyl (C=O) groups is 1. The number of hydrogen-bond acceptors (Lipinski definition) is 3. The highest BCUT2D eigenvalue weighted by atomic mass is 16.2. The van der Waals surface area contributed by atoms with Crippen LogP contribution in [0.3, 0.4) is 0 Å². The van der Waals surface area contributed by atoms with Gasteiger partial charge in [-0.25, -0.2) is 4.98 Å². The molecule has 0 N–H and O–H groups in total. The third kappa shape index (κ3) is 2.72. The Morgan fingerprint density at radius 2 is 1.64 bits per heavy atom. The molecule has 4 rings (SSSR count). The zero-order valence-electron chi connectivity index (χ0n) is 13.9. The summed E-state index contributed by atoms with van der Waals surface area (Å²) >= 11 is 0. The molecule has 4 aromatic rings. The van der Waals surface area contributed by atoms with E-state index in [-0.39, 0.29) is 5.91 Å². The molecule has 1 aromatic heterocycles. The van der Waals surface area contributed by atoms with Crippen LogP contribution < -0.4 is 4.90 Å². The largest absolute Gasteiger partial charge is 0.307 e. The van der Waals surface area contributed by atoms with Gasteiger partial charge < -0.3 is 4.90 Å². The summed E-state index contributed by atoms with van der Waals surface area (Å²) in [6, 6.07) is 21.6. The van der Waals surface area contributed by atoms with Gasteiger partial charge in [-0.15, -0.1) is 0 Å². The second-order valence-corrected chi connectivity index (χ2v) is 5.79. The molecule has 0 bridgehead atoms. The van der Waals surface area contributed by atoms with Gasteiger partial charge in [-0.05, 0) is 30.5 Å². The van der Waals surface area contributed by atoms with Crippen molar-refractivity contribution >= 4 is 33.4 Å². The summed E-state index contributed by atoms with van der Waals surface area (Å²) < 4.78 is 0. The summed E-state index contributed by atoms with van der Waals surface area (Å²) in [5, 5.41) is 2.16. The van der Waals surface area contributed by atoms with Gasteiger partial charge >= 0.3 is 0 Å². The highest BCUT2D eigenvalue weighted by molar-refractivity contribution is 6.10. The predicted octanol–water partition coefficient (Wildman–Crippen LogP) is 4.45. The Labute approximate surface area is 145 Å². The van der Waals surface area contributed by atoms with Crippen molar-refractivity contribution in [3.63, 3.8) is 0 Å². The van der Waals surface area contributed by atoms with Crippen LogP contribution in [0, 0.1) is 0 Å². The summed E-state index contributed by atoms with van der Waals surface area (Å²) in [4.78, 5) is 23.7. The SMILES string of the molecule is CCN(C(=O)c1cnc2ccccc2n1)c1cccc2ccccc12. The predicted molar refractivity (Wildman–Crippen MR) is 101 cm³/mol. The number of hydrogen-bond donors (Lipinski definition) is 0. The van der Waals surface area contributed by atoms with Gasteiger partial charge in [-0.1, -0.05) is 48.5 Å². The van der Waals surface area contributed by atoms with E-state index in [1.807, 2.05) is 73.7 Å². The number of anilines is 1. The van der Waals surface area contributed by atoms with Gasteiger partial charge in [-0.3, -0.25) is 9.78 Å². The molecule has 122 valence electrons. The molecular formula is C21H17N3O. The van der Waals surface area contributed by atoms with E-state index >= 15 is 0 Å². The molecule has 1 amide bonds. The van der Waals surface area contributed by atoms with Crippen LogP contribution in [-0.2, 0) is 0 Å². The first-order chi connectivity index (χ1) is 12.3. The van der Waals surface area contributed by atoms with Crippen LogP contribution in [-0.4, -0.2) is 22.4 Å². The Balaban J connectivity index is 1.80. The van der Waals surface area contributed by atoms with Crippen LogP contribution in [0.15, 0.2) is 72.9 Å². The minimum Gasteiger partial charge on any atom is -0.307 e. The lowest BCUT2D eigenvalue weighted by Gasteiger charge is -2.22. The van der Waals surface area contributed by atoms with Crippen molar-refractivity contribution in [3.8, 4) is 0 Å². The number of nitrogens with zero attached hydrogens (tertiary/aromatic N) is 3. The maximum absolute atomic E-state index is 13.1. The van der Waals surface area contributed by atoms with Gasteiger partial charge in [0.25, 0.3) is 5.91 Å². The van der Waals surface area contributed by atoms with Crippen LogP contribution in [0.1, 0.15) is 17.4 Å². The molecule has 0 aliphatic heterocycles. The Morgan fingerprint density at radius 1 is 0.920 bits per heavy atom.